The maximum absolute atomic E-state index is 11.9. The Morgan fingerprint density at radius 1 is 1.12 bits per heavy atom. The average molecular weight is 344 g/mol. The van der Waals surface area contributed by atoms with Gasteiger partial charge in [-0.1, -0.05) is 12.5 Å². The SMILES string of the molecule is O=C(NCCc1nnc2ccccn12)NCCN1CCCCCC1=O. The van der Waals surface area contributed by atoms with Crippen LogP contribution in [0.25, 0.3) is 5.65 Å². The molecule has 1 saturated heterocycles. The zero-order valence-electron chi connectivity index (χ0n) is 14.3. The van der Waals surface area contributed by atoms with E-state index in [1.165, 1.54) is 0 Å². The van der Waals surface area contributed by atoms with Gasteiger partial charge in [0.1, 0.15) is 5.82 Å². The molecule has 8 heteroatoms. The average Bonchev–Trinajstić information content (AvgIpc) is 2.91. The molecule has 25 heavy (non-hydrogen) atoms. The Kier molecular flexibility index (Phi) is 5.81. The van der Waals surface area contributed by atoms with Crippen molar-refractivity contribution in [2.45, 2.75) is 32.1 Å². The third kappa shape index (κ3) is 4.68. The molecule has 134 valence electrons. The predicted molar refractivity (Wildman–Crippen MR) is 93.1 cm³/mol. The highest BCUT2D eigenvalue weighted by molar-refractivity contribution is 5.76. The summed E-state index contributed by atoms with van der Waals surface area (Å²) >= 11 is 0. The van der Waals surface area contributed by atoms with E-state index in [2.05, 4.69) is 20.8 Å². The van der Waals surface area contributed by atoms with E-state index in [0.717, 1.165) is 37.3 Å². The highest BCUT2D eigenvalue weighted by Crippen LogP contribution is 2.10. The molecule has 3 amide bonds. The van der Waals surface area contributed by atoms with E-state index >= 15 is 0 Å². The van der Waals surface area contributed by atoms with E-state index in [1.54, 1.807) is 0 Å². The largest absolute Gasteiger partial charge is 0.341 e. The number of pyridine rings is 1. The number of hydrogen-bond acceptors (Lipinski definition) is 4. The van der Waals surface area contributed by atoms with Crippen molar-refractivity contribution in [3.05, 3.63) is 30.2 Å². The minimum Gasteiger partial charge on any atom is -0.341 e. The number of carbonyl (C=O) groups is 2. The van der Waals surface area contributed by atoms with E-state index in [9.17, 15) is 9.59 Å². The number of nitrogens with one attached hydrogen (secondary N) is 2. The molecule has 0 radical (unpaired) electrons. The summed E-state index contributed by atoms with van der Waals surface area (Å²) in [6.45, 7) is 2.30. The molecule has 0 saturated carbocycles. The van der Waals surface area contributed by atoms with E-state index in [-0.39, 0.29) is 11.9 Å². The van der Waals surface area contributed by atoms with E-state index in [1.807, 2.05) is 33.7 Å². The molecule has 2 aromatic rings. The van der Waals surface area contributed by atoms with Crippen LogP contribution in [0.3, 0.4) is 0 Å². The topological polar surface area (TPSA) is 91.6 Å². The van der Waals surface area contributed by atoms with Gasteiger partial charge in [0.15, 0.2) is 5.65 Å². The number of amides is 3. The highest BCUT2D eigenvalue weighted by Gasteiger charge is 2.16. The van der Waals surface area contributed by atoms with Crippen molar-refractivity contribution >= 4 is 17.6 Å². The van der Waals surface area contributed by atoms with Gasteiger partial charge >= 0.3 is 6.03 Å². The molecule has 0 unspecified atom stereocenters. The third-order valence-electron chi connectivity index (χ3n) is 4.36. The molecular weight excluding hydrogens is 320 g/mol. The van der Waals surface area contributed by atoms with Gasteiger partial charge in [0.25, 0.3) is 0 Å². The molecule has 8 nitrogen and oxygen atoms in total. The van der Waals surface area contributed by atoms with Crippen LogP contribution >= 0.6 is 0 Å². The number of fused-ring (bicyclic) bond motifs is 1. The zero-order valence-corrected chi connectivity index (χ0v) is 14.3. The summed E-state index contributed by atoms with van der Waals surface area (Å²) in [7, 11) is 0. The highest BCUT2D eigenvalue weighted by atomic mass is 16.2. The quantitative estimate of drug-likeness (QED) is 0.817. The molecule has 3 heterocycles. The summed E-state index contributed by atoms with van der Waals surface area (Å²) in [5.74, 6) is 1.00. The smallest absolute Gasteiger partial charge is 0.314 e. The molecule has 1 aliphatic rings. The monoisotopic (exact) mass is 344 g/mol. The Labute approximate surface area is 146 Å². The number of rotatable bonds is 6. The van der Waals surface area contributed by atoms with E-state index in [0.29, 0.717) is 32.5 Å². The molecule has 0 spiro atoms. The van der Waals surface area contributed by atoms with Gasteiger partial charge in [-0.2, -0.15) is 0 Å². The van der Waals surface area contributed by atoms with Gasteiger partial charge in [0, 0.05) is 45.2 Å². The van der Waals surface area contributed by atoms with Crippen molar-refractivity contribution in [3.8, 4) is 0 Å². The Morgan fingerprint density at radius 3 is 2.92 bits per heavy atom. The minimum absolute atomic E-state index is 0.193. The molecule has 3 rings (SSSR count). The number of aromatic nitrogens is 3. The molecule has 1 fully saturated rings. The maximum atomic E-state index is 11.9. The van der Waals surface area contributed by atoms with Crippen molar-refractivity contribution in [2.24, 2.45) is 0 Å². The van der Waals surface area contributed by atoms with Crippen LogP contribution in [-0.4, -0.2) is 57.6 Å². The summed E-state index contributed by atoms with van der Waals surface area (Å²) in [5.41, 5.74) is 0.795. The van der Waals surface area contributed by atoms with Crippen LogP contribution < -0.4 is 10.6 Å². The lowest BCUT2D eigenvalue weighted by atomic mass is 10.2. The fraction of sp³-hybridized carbons (Fsp3) is 0.529. The Bertz CT molecular complexity index is 729. The van der Waals surface area contributed by atoms with Crippen LogP contribution in [0, 0.1) is 0 Å². The van der Waals surface area contributed by atoms with Gasteiger partial charge in [-0.05, 0) is 25.0 Å². The summed E-state index contributed by atoms with van der Waals surface area (Å²) in [5, 5.41) is 13.8. The van der Waals surface area contributed by atoms with E-state index < -0.39 is 0 Å². The maximum Gasteiger partial charge on any atom is 0.314 e. The van der Waals surface area contributed by atoms with Gasteiger partial charge in [-0.25, -0.2) is 4.79 Å². The standard InChI is InChI=1S/C17H24N6O2/c24-16-7-2-1-4-11-22(16)13-10-19-17(25)18-9-8-15-21-20-14-6-3-5-12-23(14)15/h3,5-6,12H,1-2,4,7-11,13H2,(H2,18,19,25). The molecule has 0 bridgehead atoms. The third-order valence-corrected chi connectivity index (χ3v) is 4.36. The first kappa shape index (κ1) is 17.2. The minimum atomic E-state index is -0.226. The van der Waals surface area contributed by atoms with Gasteiger partial charge < -0.3 is 15.5 Å². The van der Waals surface area contributed by atoms with Crippen LogP contribution in [0.2, 0.25) is 0 Å². The van der Waals surface area contributed by atoms with Crippen LogP contribution in [-0.2, 0) is 11.2 Å². The molecular formula is C17H24N6O2. The first-order chi connectivity index (χ1) is 12.2. The van der Waals surface area contributed by atoms with Crippen molar-refractivity contribution in [1.82, 2.24) is 30.1 Å². The van der Waals surface area contributed by atoms with Gasteiger partial charge in [-0.15, -0.1) is 10.2 Å². The van der Waals surface area contributed by atoms with Crippen LogP contribution in [0.4, 0.5) is 4.79 Å². The lowest BCUT2D eigenvalue weighted by Crippen LogP contribution is -2.42. The fourth-order valence-electron chi connectivity index (χ4n) is 2.99. The Hall–Kier alpha value is -2.64. The van der Waals surface area contributed by atoms with Crippen molar-refractivity contribution < 1.29 is 9.59 Å². The second-order valence-corrected chi connectivity index (χ2v) is 6.17. The second kappa shape index (κ2) is 8.46. The number of likely N-dealkylation sites (tertiary alicyclic amines) is 1. The van der Waals surface area contributed by atoms with Crippen LogP contribution in [0.1, 0.15) is 31.5 Å². The number of carbonyl (C=O) groups excluding carboxylic acids is 2. The lowest BCUT2D eigenvalue weighted by Gasteiger charge is -2.20. The molecule has 0 aromatic carbocycles. The Morgan fingerprint density at radius 2 is 2.00 bits per heavy atom. The number of nitrogens with zero attached hydrogens (tertiary/aromatic N) is 4. The van der Waals surface area contributed by atoms with Crippen LogP contribution in [0.5, 0.6) is 0 Å². The number of urea groups is 1. The van der Waals surface area contributed by atoms with E-state index in [4.69, 9.17) is 0 Å². The first-order valence-electron chi connectivity index (χ1n) is 8.82. The van der Waals surface area contributed by atoms with Gasteiger partial charge in [0.05, 0.1) is 0 Å². The lowest BCUT2D eigenvalue weighted by molar-refractivity contribution is -0.130. The molecule has 0 aliphatic carbocycles. The first-order valence-corrected chi connectivity index (χ1v) is 8.82. The summed E-state index contributed by atoms with van der Waals surface area (Å²) < 4.78 is 1.91. The van der Waals surface area contributed by atoms with Gasteiger partial charge in [-0.3, -0.25) is 9.20 Å². The summed E-state index contributed by atoms with van der Waals surface area (Å²) in [4.78, 5) is 25.6. The molecule has 2 N–H and O–H groups in total. The predicted octanol–water partition coefficient (Wildman–Crippen LogP) is 0.974. The second-order valence-electron chi connectivity index (χ2n) is 6.17. The molecule has 2 aromatic heterocycles. The number of hydrogen-bond donors (Lipinski definition) is 2. The summed E-state index contributed by atoms with van der Waals surface area (Å²) in [6, 6.07) is 5.50. The van der Waals surface area contributed by atoms with Crippen LogP contribution in [0.15, 0.2) is 24.4 Å². The molecule has 0 atom stereocenters. The van der Waals surface area contributed by atoms with Crippen molar-refractivity contribution in [3.63, 3.8) is 0 Å². The zero-order chi connectivity index (χ0) is 17.5. The van der Waals surface area contributed by atoms with Gasteiger partial charge in [0.2, 0.25) is 5.91 Å². The molecule has 1 aliphatic heterocycles. The normalized spacial score (nSPS) is 15.2. The fourth-order valence-corrected chi connectivity index (χ4v) is 2.99. The Balaban J connectivity index is 1.36. The summed E-state index contributed by atoms with van der Waals surface area (Å²) in [6.07, 6.45) is 6.25. The van der Waals surface area contributed by atoms with Crippen molar-refractivity contribution in [2.75, 3.05) is 26.2 Å². The van der Waals surface area contributed by atoms with Crippen molar-refractivity contribution in [1.29, 1.82) is 0 Å².